The van der Waals surface area contributed by atoms with Gasteiger partial charge in [0.1, 0.15) is 5.75 Å². The molecule has 0 aliphatic heterocycles. The van der Waals surface area contributed by atoms with Crippen molar-refractivity contribution in [3.8, 4) is 5.75 Å². The Morgan fingerprint density at radius 3 is 2.53 bits per heavy atom. The van der Waals surface area contributed by atoms with Gasteiger partial charge in [-0.3, -0.25) is 0 Å². The zero-order valence-electron chi connectivity index (χ0n) is 9.40. The van der Waals surface area contributed by atoms with Crippen molar-refractivity contribution in [2.75, 3.05) is 12.3 Å². The molecule has 0 aliphatic rings. The van der Waals surface area contributed by atoms with Gasteiger partial charge >= 0.3 is 0 Å². The molecule has 0 heterocycles. The Labute approximate surface area is 110 Å². The summed E-state index contributed by atoms with van der Waals surface area (Å²) in [6.45, 7) is 0.645. The first-order valence-electron chi connectivity index (χ1n) is 5.48. The standard InChI is InChI=1S/C14H14BrNO/c15-14-12(16)7-4-8-13(14)17-10-9-11-5-2-1-3-6-11/h1-8H,9-10,16H2. The van der Waals surface area contributed by atoms with Crippen molar-refractivity contribution in [2.24, 2.45) is 0 Å². The highest BCUT2D eigenvalue weighted by atomic mass is 79.9. The third-order valence-corrected chi connectivity index (χ3v) is 3.33. The van der Waals surface area contributed by atoms with Crippen molar-refractivity contribution < 1.29 is 4.74 Å². The fraction of sp³-hybridized carbons (Fsp3) is 0.143. The van der Waals surface area contributed by atoms with Crippen LogP contribution < -0.4 is 10.5 Å². The Balaban J connectivity index is 1.93. The van der Waals surface area contributed by atoms with E-state index in [0.717, 1.165) is 16.6 Å². The number of halogens is 1. The zero-order chi connectivity index (χ0) is 12.1. The first-order chi connectivity index (χ1) is 8.27. The quantitative estimate of drug-likeness (QED) is 0.873. The highest BCUT2D eigenvalue weighted by Crippen LogP contribution is 2.30. The van der Waals surface area contributed by atoms with Gasteiger partial charge in [-0.25, -0.2) is 0 Å². The molecule has 2 rings (SSSR count). The van der Waals surface area contributed by atoms with Crippen molar-refractivity contribution in [3.63, 3.8) is 0 Å². The van der Waals surface area contributed by atoms with Crippen LogP contribution in [0, 0.1) is 0 Å². The minimum absolute atomic E-state index is 0.645. The minimum atomic E-state index is 0.645. The molecule has 17 heavy (non-hydrogen) atoms. The molecule has 0 fully saturated rings. The predicted molar refractivity (Wildman–Crippen MR) is 74.2 cm³/mol. The molecule has 0 spiro atoms. The van der Waals surface area contributed by atoms with Crippen LogP contribution in [0.3, 0.4) is 0 Å². The van der Waals surface area contributed by atoms with Crippen molar-refractivity contribution in [1.29, 1.82) is 0 Å². The molecule has 0 aliphatic carbocycles. The maximum atomic E-state index is 5.78. The molecule has 0 aromatic heterocycles. The maximum Gasteiger partial charge on any atom is 0.135 e. The molecule has 0 saturated heterocycles. The third kappa shape index (κ3) is 3.24. The Kier molecular flexibility index (Phi) is 4.04. The van der Waals surface area contributed by atoms with Crippen LogP contribution in [0.5, 0.6) is 5.75 Å². The van der Waals surface area contributed by atoms with E-state index in [1.54, 1.807) is 0 Å². The van der Waals surface area contributed by atoms with E-state index >= 15 is 0 Å². The Hall–Kier alpha value is -1.48. The normalized spacial score (nSPS) is 10.2. The molecule has 0 unspecified atom stereocenters. The van der Waals surface area contributed by atoms with E-state index in [9.17, 15) is 0 Å². The van der Waals surface area contributed by atoms with Gasteiger partial charge in [0, 0.05) is 12.1 Å². The lowest BCUT2D eigenvalue weighted by Crippen LogP contribution is -2.02. The van der Waals surface area contributed by atoms with Gasteiger partial charge in [-0.1, -0.05) is 36.4 Å². The second-order valence-electron chi connectivity index (χ2n) is 3.74. The van der Waals surface area contributed by atoms with Crippen LogP contribution >= 0.6 is 15.9 Å². The number of hydrogen-bond acceptors (Lipinski definition) is 2. The minimum Gasteiger partial charge on any atom is -0.492 e. The number of anilines is 1. The van der Waals surface area contributed by atoms with Gasteiger partial charge in [0.15, 0.2) is 0 Å². The van der Waals surface area contributed by atoms with E-state index in [-0.39, 0.29) is 0 Å². The largest absolute Gasteiger partial charge is 0.492 e. The highest BCUT2D eigenvalue weighted by Gasteiger charge is 2.03. The summed E-state index contributed by atoms with van der Waals surface area (Å²) in [5.41, 5.74) is 7.74. The first kappa shape index (κ1) is 12.0. The van der Waals surface area contributed by atoms with Gasteiger partial charge in [-0.2, -0.15) is 0 Å². The molecule has 0 bridgehead atoms. The van der Waals surface area contributed by atoms with E-state index < -0.39 is 0 Å². The van der Waals surface area contributed by atoms with Gasteiger partial charge < -0.3 is 10.5 Å². The number of nitrogens with two attached hydrogens (primary N) is 1. The van der Waals surface area contributed by atoms with E-state index in [1.807, 2.05) is 36.4 Å². The first-order valence-corrected chi connectivity index (χ1v) is 6.27. The summed E-state index contributed by atoms with van der Waals surface area (Å²) >= 11 is 3.42. The lowest BCUT2D eigenvalue weighted by atomic mass is 10.2. The molecular weight excluding hydrogens is 278 g/mol. The van der Waals surface area contributed by atoms with E-state index in [4.69, 9.17) is 10.5 Å². The fourth-order valence-corrected chi connectivity index (χ4v) is 1.94. The molecule has 2 nitrogen and oxygen atoms in total. The number of benzene rings is 2. The molecule has 2 aromatic carbocycles. The number of hydrogen-bond donors (Lipinski definition) is 1. The predicted octanol–water partition coefficient (Wildman–Crippen LogP) is 3.65. The third-order valence-electron chi connectivity index (χ3n) is 2.48. The lowest BCUT2D eigenvalue weighted by Gasteiger charge is -2.09. The van der Waals surface area contributed by atoms with Crippen molar-refractivity contribution >= 4 is 21.6 Å². The van der Waals surface area contributed by atoms with E-state index in [0.29, 0.717) is 12.3 Å². The van der Waals surface area contributed by atoms with Crippen molar-refractivity contribution in [3.05, 3.63) is 58.6 Å². The Bertz CT molecular complexity index is 485. The molecule has 2 N–H and O–H groups in total. The maximum absolute atomic E-state index is 5.78. The molecule has 0 amide bonds. The summed E-state index contributed by atoms with van der Waals surface area (Å²) in [4.78, 5) is 0. The van der Waals surface area contributed by atoms with Crippen LogP contribution in [0.25, 0.3) is 0 Å². The van der Waals surface area contributed by atoms with Gasteiger partial charge in [-0.15, -0.1) is 0 Å². The molecule has 3 heteroatoms. The van der Waals surface area contributed by atoms with Crippen molar-refractivity contribution in [2.45, 2.75) is 6.42 Å². The molecule has 0 radical (unpaired) electrons. The van der Waals surface area contributed by atoms with Crippen LogP contribution in [0.1, 0.15) is 5.56 Å². The highest BCUT2D eigenvalue weighted by molar-refractivity contribution is 9.10. The molecule has 0 atom stereocenters. The molecule has 2 aromatic rings. The summed E-state index contributed by atoms with van der Waals surface area (Å²) in [5, 5.41) is 0. The zero-order valence-corrected chi connectivity index (χ0v) is 11.0. The summed E-state index contributed by atoms with van der Waals surface area (Å²) < 4.78 is 6.52. The fourth-order valence-electron chi connectivity index (χ4n) is 1.56. The van der Waals surface area contributed by atoms with Crippen LogP contribution in [0.4, 0.5) is 5.69 Å². The van der Waals surface area contributed by atoms with Crippen LogP contribution in [0.15, 0.2) is 53.0 Å². The average Bonchev–Trinajstić information content (AvgIpc) is 2.36. The molecule has 0 saturated carbocycles. The van der Waals surface area contributed by atoms with Gasteiger partial charge in [0.05, 0.1) is 11.1 Å². The molecular formula is C14H14BrNO. The average molecular weight is 292 g/mol. The van der Waals surface area contributed by atoms with Gasteiger partial charge in [0.2, 0.25) is 0 Å². The number of nitrogen functional groups attached to an aromatic ring is 1. The van der Waals surface area contributed by atoms with Crippen molar-refractivity contribution in [1.82, 2.24) is 0 Å². The second-order valence-corrected chi connectivity index (χ2v) is 4.54. The number of rotatable bonds is 4. The van der Waals surface area contributed by atoms with E-state index in [2.05, 4.69) is 28.1 Å². The number of ether oxygens (including phenoxy) is 1. The summed E-state index contributed by atoms with van der Waals surface area (Å²) in [6, 6.07) is 15.9. The van der Waals surface area contributed by atoms with Gasteiger partial charge in [-0.05, 0) is 33.6 Å². The second kappa shape index (κ2) is 5.73. The van der Waals surface area contributed by atoms with Crippen LogP contribution in [-0.2, 0) is 6.42 Å². The summed E-state index contributed by atoms with van der Waals surface area (Å²) in [6.07, 6.45) is 0.891. The smallest absolute Gasteiger partial charge is 0.135 e. The summed E-state index contributed by atoms with van der Waals surface area (Å²) in [7, 11) is 0. The van der Waals surface area contributed by atoms with E-state index in [1.165, 1.54) is 5.56 Å². The monoisotopic (exact) mass is 291 g/mol. The van der Waals surface area contributed by atoms with Crippen LogP contribution in [-0.4, -0.2) is 6.61 Å². The van der Waals surface area contributed by atoms with Gasteiger partial charge in [0.25, 0.3) is 0 Å². The SMILES string of the molecule is Nc1cccc(OCCc2ccccc2)c1Br. The topological polar surface area (TPSA) is 35.2 Å². The Morgan fingerprint density at radius 1 is 1.00 bits per heavy atom. The lowest BCUT2D eigenvalue weighted by molar-refractivity contribution is 0.320. The molecule has 88 valence electrons. The summed E-state index contributed by atoms with van der Waals surface area (Å²) in [5.74, 6) is 0.793. The van der Waals surface area contributed by atoms with Crippen LogP contribution in [0.2, 0.25) is 0 Å². The Morgan fingerprint density at radius 2 is 1.76 bits per heavy atom.